The number of amides is 1. The second-order valence-corrected chi connectivity index (χ2v) is 8.23. The summed E-state index contributed by atoms with van der Waals surface area (Å²) in [6.45, 7) is 2.07. The maximum absolute atomic E-state index is 12.7. The molecule has 166 valence electrons. The van der Waals surface area contributed by atoms with Gasteiger partial charge in [0.2, 0.25) is 5.91 Å². The number of benzene rings is 2. The lowest BCUT2D eigenvalue weighted by Crippen LogP contribution is -2.43. The SMILES string of the molecule is O=C(NCc1ccccc1)C1CCCN(c2ccc(-n3ccnc3-c3ccccc3)nn2)C1. The molecule has 3 heterocycles. The van der Waals surface area contributed by atoms with Crippen LogP contribution >= 0.6 is 0 Å². The number of aromatic nitrogens is 4. The van der Waals surface area contributed by atoms with Gasteiger partial charge in [-0.1, -0.05) is 60.7 Å². The number of carbonyl (C=O) groups excluding carboxylic acids is 1. The quantitative estimate of drug-likeness (QED) is 0.495. The molecule has 1 amide bonds. The fourth-order valence-electron chi connectivity index (χ4n) is 4.23. The fourth-order valence-corrected chi connectivity index (χ4v) is 4.23. The second kappa shape index (κ2) is 9.65. The van der Waals surface area contributed by atoms with E-state index < -0.39 is 0 Å². The van der Waals surface area contributed by atoms with Crippen LogP contribution in [0, 0.1) is 5.92 Å². The highest BCUT2D eigenvalue weighted by molar-refractivity contribution is 5.79. The molecular formula is C26H26N6O. The first-order valence-electron chi connectivity index (χ1n) is 11.3. The lowest BCUT2D eigenvalue weighted by molar-refractivity contribution is -0.125. The third kappa shape index (κ3) is 4.77. The van der Waals surface area contributed by atoms with E-state index in [0.717, 1.165) is 42.2 Å². The van der Waals surface area contributed by atoms with Crippen molar-refractivity contribution in [1.29, 1.82) is 0 Å². The van der Waals surface area contributed by atoms with E-state index in [2.05, 4.69) is 25.4 Å². The van der Waals surface area contributed by atoms with Gasteiger partial charge in [-0.15, -0.1) is 10.2 Å². The monoisotopic (exact) mass is 438 g/mol. The molecule has 7 heteroatoms. The summed E-state index contributed by atoms with van der Waals surface area (Å²) in [5.41, 5.74) is 2.13. The number of nitrogens with one attached hydrogen (secondary N) is 1. The molecule has 0 radical (unpaired) electrons. The molecule has 1 aliphatic rings. The van der Waals surface area contributed by atoms with E-state index in [1.807, 2.05) is 83.6 Å². The molecule has 7 nitrogen and oxygen atoms in total. The minimum atomic E-state index is -0.0535. The highest BCUT2D eigenvalue weighted by atomic mass is 16.1. The van der Waals surface area contributed by atoms with Crippen LogP contribution < -0.4 is 10.2 Å². The van der Waals surface area contributed by atoms with Gasteiger partial charge in [-0.05, 0) is 30.5 Å². The molecule has 1 atom stereocenters. The van der Waals surface area contributed by atoms with E-state index in [1.165, 1.54) is 0 Å². The predicted molar refractivity (Wildman–Crippen MR) is 128 cm³/mol. The Morgan fingerprint density at radius 2 is 1.67 bits per heavy atom. The molecule has 1 aliphatic heterocycles. The van der Waals surface area contributed by atoms with Crippen molar-refractivity contribution in [3.05, 3.63) is 90.8 Å². The maximum atomic E-state index is 12.7. The van der Waals surface area contributed by atoms with Crippen LogP contribution in [0.3, 0.4) is 0 Å². The van der Waals surface area contributed by atoms with E-state index in [1.54, 1.807) is 6.20 Å². The Bertz CT molecular complexity index is 1190. The van der Waals surface area contributed by atoms with Crippen molar-refractivity contribution >= 4 is 11.7 Å². The Morgan fingerprint density at radius 1 is 0.939 bits per heavy atom. The molecule has 1 unspecified atom stereocenters. The number of hydrogen-bond acceptors (Lipinski definition) is 5. The van der Waals surface area contributed by atoms with Crippen LogP contribution in [0.25, 0.3) is 17.2 Å². The van der Waals surface area contributed by atoms with E-state index in [-0.39, 0.29) is 11.8 Å². The van der Waals surface area contributed by atoms with Crippen LogP contribution in [0.1, 0.15) is 18.4 Å². The molecule has 1 N–H and O–H groups in total. The third-order valence-corrected chi connectivity index (χ3v) is 5.98. The van der Waals surface area contributed by atoms with Crippen molar-refractivity contribution in [2.24, 2.45) is 5.92 Å². The molecular weight excluding hydrogens is 412 g/mol. The largest absolute Gasteiger partial charge is 0.354 e. The molecule has 5 rings (SSSR count). The third-order valence-electron chi connectivity index (χ3n) is 5.98. The van der Waals surface area contributed by atoms with Crippen molar-refractivity contribution in [1.82, 2.24) is 25.1 Å². The second-order valence-electron chi connectivity index (χ2n) is 8.23. The Morgan fingerprint density at radius 3 is 2.42 bits per heavy atom. The maximum Gasteiger partial charge on any atom is 0.225 e. The number of nitrogens with zero attached hydrogens (tertiary/aromatic N) is 5. The fraction of sp³-hybridized carbons (Fsp3) is 0.231. The first kappa shape index (κ1) is 20.9. The zero-order valence-electron chi connectivity index (χ0n) is 18.3. The summed E-state index contributed by atoms with van der Waals surface area (Å²) in [5.74, 6) is 2.37. The van der Waals surface area contributed by atoms with Crippen molar-refractivity contribution < 1.29 is 4.79 Å². The summed E-state index contributed by atoms with van der Waals surface area (Å²) in [4.78, 5) is 19.4. The summed E-state index contributed by atoms with van der Waals surface area (Å²) in [5, 5.41) is 12.0. The Kier molecular flexibility index (Phi) is 6.10. The van der Waals surface area contributed by atoms with Gasteiger partial charge in [-0.2, -0.15) is 0 Å². The van der Waals surface area contributed by atoms with Crippen LogP contribution in [-0.2, 0) is 11.3 Å². The lowest BCUT2D eigenvalue weighted by atomic mass is 9.97. The first-order chi connectivity index (χ1) is 16.3. The van der Waals surface area contributed by atoms with Crippen molar-refractivity contribution in [3.8, 4) is 17.2 Å². The smallest absolute Gasteiger partial charge is 0.225 e. The summed E-state index contributed by atoms with van der Waals surface area (Å²) >= 11 is 0. The van der Waals surface area contributed by atoms with E-state index >= 15 is 0 Å². The zero-order valence-corrected chi connectivity index (χ0v) is 18.3. The number of piperidine rings is 1. The van der Waals surface area contributed by atoms with Crippen LogP contribution in [-0.4, -0.2) is 38.7 Å². The average Bonchev–Trinajstić information content (AvgIpc) is 3.39. The van der Waals surface area contributed by atoms with Crippen LogP contribution in [0.5, 0.6) is 0 Å². The molecule has 33 heavy (non-hydrogen) atoms. The van der Waals surface area contributed by atoms with Crippen molar-refractivity contribution in [3.63, 3.8) is 0 Å². The minimum Gasteiger partial charge on any atom is -0.354 e. The van der Waals surface area contributed by atoms with Crippen LogP contribution in [0.2, 0.25) is 0 Å². The number of carbonyl (C=O) groups is 1. The van der Waals surface area contributed by atoms with Gasteiger partial charge in [-0.3, -0.25) is 9.36 Å². The number of hydrogen-bond donors (Lipinski definition) is 1. The Balaban J connectivity index is 1.25. The molecule has 1 fully saturated rings. The Hall–Kier alpha value is -4.00. The van der Waals surface area contributed by atoms with Crippen LogP contribution in [0.4, 0.5) is 5.82 Å². The van der Waals surface area contributed by atoms with E-state index in [0.29, 0.717) is 18.9 Å². The van der Waals surface area contributed by atoms with Gasteiger partial charge in [0.05, 0.1) is 5.92 Å². The number of imidazole rings is 1. The van der Waals surface area contributed by atoms with Gasteiger partial charge in [0.1, 0.15) is 5.82 Å². The van der Waals surface area contributed by atoms with E-state index in [9.17, 15) is 4.79 Å². The number of anilines is 1. The molecule has 4 aromatic rings. The lowest BCUT2D eigenvalue weighted by Gasteiger charge is -2.32. The summed E-state index contributed by atoms with van der Waals surface area (Å²) in [6.07, 6.45) is 5.49. The molecule has 0 aliphatic carbocycles. The summed E-state index contributed by atoms with van der Waals surface area (Å²) in [7, 11) is 0. The molecule has 0 bridgehead atoms. The van der Waals surface area contributed by atoms with Gasteiger partial charge >= 0.3 is 0 Å². The van der Waals surface area contributed by atoms with Gasteiger partial charge in [0.15, 0.2) is 11.6 Å². The predicted octanol–water partition coefficient (Wildman–Crippen LogP) is 3.86. The number of rotatable bonds is 6. The highest BCUT2D eigenvalue weighted by Crippen LogP contribution is 2.24. The van der Waals surface area contributed by atoms with Gasteiger partial charge < -0.3 is 10.2 Å². The van der Waals surface area contributed by atoms with Crippen LogP contribution in [0.15, 0.2) is 85.2 Å². The van der Waals surface area contributed by atoms with Gasteiger partial charge in [-0.25, -0.2) is 4.98 Å². The standard InChI is InChI=1S/C26H26N6O/c33-26(28-18-20-8-3-1-4-9-20)22-12-7-16-31(19-22)23-13-14-24(30-29-23)32-17-15-27-25(32)21-10-5-2-6-11-21/h1-6,8-11,13-15,17,22H,7,12,16,18-19H2,(H,28,33). The molecule has 1 saturated heterocycles. The zero-order chi connectivity index (χ0) is 22.5. The topological polar surface area (TPSA) is 75.9 Å². The van der Waals surface area contributed by atoms with Gasteiger partial charge in [0.25, 0.3) is 0 Å². The molecule has 0 saturated carbocycles. The molecule has 2 aromatic heterocycles. The summed E-state index contributed by atoms with van der Waals surface area (Å²) < 4.78 is 1.93. The van der Waals surface area contributed by atoms with E-state index in [4.69, 9.17) is 0 Å². The summed E-state index contributed by atoms with van der Waals surface area (Å²) in [6, 6.07) is 23.9. The average molecular weight is 439 g/mol. The minimum absolute atomic E-state index is 0.0535. The normalized spacial score (nSPS) is 15.9. The Labute approximate surface area is 193 Å². The molecule has 2 aromatic carbocycles. The highest BCUT2D eigenvalue weighted by Gasteiger charge is 2.26. The first-order valence-corrected chi connectivity index (χ1v) is 11.3. The van der Waals surface area contributed by atoms with Crippen molar-refractivity contribution in [2.45, 2.75) is 19.4 Å². The molecule has 0 spiro atoms. The van der Waals surface area contributed by atoms with Crippen molar-refractivity contribution in [2.75, 3.05) is 18.0 Å². The van der Waals surface area contributed by atoms with Gasteiger partial charge in [0, 0.05) is 37.6 Å².